The van der Waals surface area contributed by atoms with Crippen molar-refractivity contribution in [2.75, 3.05) is 33.2 Å². The molecule has 112 valence electrons. The first-order valence-electron chi connectivity index (χ1n) is 6.31. The lowest BCUT2D eigenvalue weighted by Crippen LogP contribution is -2.47. The van der Waals surface area contributed by atoms with Crippen LogP contribution in [0.15, 0.2) is 18.2 Å². The van der Waals surface area contributed by atoms with Gasteiger partial charge in [-0.2, -0.15) is 0 Å². The van der Waals surface area contributed by atoms with Gasteiger partial charge in [0.05, 0.1) is 15.9 Å². The van der Waals surface area contributed by atoms with E-state index in [0.717, 1.165) is 18.2 Å². The first-order valence-corrected chi connectivity index (χ1v) is 6.31. The Labute approximate surface area is 120 Å². The first kappa shape index (κ1) is 14.9. The van der Waals surface area contributed by atoms with Gasteiger partial charge in [-0.25, -0.2) is 0 Å². The lowest BCUT2D eigenvalue weighted by molar-refractivity contribution is -0.394. The molecule has 21 heavy (non-hydrogen) atoms. The van der Waals surface area contributed by atoms with Gasteiger partial charge in [-0.05, 0) is 13.1 Å². The molecule has 0 N–H and O–H groups in total. The van der Waals surface area contributed by atoms with Crippen LogP contribution >= 0.6 is 0 Å². The second kappa shape index (κ2) is 5.83. The Morgan fingerprint density at radius 2 is 1.71 bits per heavy atom. The van der Waals surface area contributed by atoms with Gasteiger partial charge in [-0.15, -0.1) is 0 Å². The van der Waals surface area contributed by atoms with Crippen LogP contribution in [0.1, 0.15) is 10.4 Å². The van der Waals surface area contributed by atoms with Gasteiger partial charge in [0.1, 0.15) is 5.56 Å². The number of hydrogen-bond acceptors (Lipinski definition) is 6. The number of piperazine rings is 1. The highest BCUT2D eigenvalue weighted by Crippen LogP contribution is 2.26. The molecule has 0 saturated carbocycles. The molecule has 1 aromatic carbocycles. The first-order chi connectivity index (χ1) is 9.90. The summed E-state index contributed by atoms with van der Waals surface area (Å²) in [6.45, 7) is 2.33. The minimum atomic E-state index is -0.768. The molecule has 0 unspecified atom stereocenters. The van der Waals surface area contributed by atoms with E-state index in [4.69, 9.17) is 0 Å². The number of rotatable bonds is 3. The van der Waals surface area contributed by atoms with E-state index >= 15 is 0 Å². The second-order valence-electron chi connectivity index (χ2n) is 4.81. The van der Waals surface area contributed by atoms with Gasteiger partial charge in [0.15, 0.2) is 0 Å². The third-order valence-corrected chi connectivity index (χ3v) is 3.41. The van der Waals surface area contributed by atoms with Crippen LogP contribution in [0, 0.1) is 20.2 Å². The maximum Gasteiger partial charge on any atom is 0.289 e. The Morgan fingerprint density at radius 3 is 2.24 bits per heavy atom. The summed E-state index contributed by atoms with van der Waals surface area (Å²) in [4.78, 5) is 36.1. The van der Waals surface area contributed by atoms with Crippen molar-refractivity contribution in [3.8, 4) is 0 Å². The molecule has 1 aliphatic heterocycles. The van der Waals surface area contributed by atoms with Crippen molar-refractivity contribution in [1.82, 2.24) is 9.80 Å². The molecule has 0 atom stereocenters. The van der Waals surface area contributed by atoms with E-state index < -0.39 is 27.1 Å². The van der Waals surface area contributed by atoms with Crippen LogP contribution in [0.4, 0.5) is 11.4 Å². The summed E-state index contributed by atoms with van der Waals surface area (Å²) in [5.74, 6) is -0.468. The minimum absolute atomic E-state index is 0.116. The standard InChI is InChI=1S/C12H14N4O5/c1-13-4-6-14(7-5-13)12(17)10-3-2-9(15(18)19)8-11(10)16(20)21/h2-3,8H,4-7H2,1H3. The second-order valence-corrected chi connectivity index (χ2v) is 4.81. The highest BCUT2D eigenvalue weighted by molar-refractivity contribution is 5.98. The Morgan fingerprint density at radius 1 is 1.10 bits per heavy atom. The molecule has 1 amide bonds. The van der Waals surface area contributed by atoms with E-state index in [1.165, 1.54) is 4.90 Å². The number of carbonyl (C=O) groups is 1. The van der Waals surface area contributed by atoms with Crippen LogP contribution in [0.25, 0.3) is 0 Å². The molecule has 0 radical (unpaired) electrons. The third kappa shape index (κ3) is 3.14. The minimum Gasteiger partial charge on any atom is -0.336 e. The van der Waals surface area contributed by atoms with Crippen LogP contribution in [0.2, 0.25) is 0 Å². The van der Waals surface area contributed by atoms with Gasteiger partial charge >= 0.3 is 0 Å². The molecule has 0 spiro atoms. The quantitative estimate of drug-likeness (QED) is 0.604. The fraction of sp³-hybridized carbons (Fsp3) is 0.417. The maximum absolute atomic E-state index is 12.3. The molecular weight excluding hydrogens is 280 g/mol. The van der Waals surface area contributed by atoms with E-state index in [-0.39, 0.29) is 5.56 Å². The fourth-order valence-corrected chi connectivity index (χ4v) is 2.15. The number of carbonyl (C=O) groups excluding carboxylic acids is 1. The van der Waals surface area contributed by atoms with Gasteiger partial charge in [-0.1, -0.05) is 0 Å². The summed E-state index contributed by atoms with van der Waals surface area (Å²) in [5.41, 5.74) is -1.06. The lowest BCUT2D eigenvalue weighted by atomic mass is 10.1. The zero-order valence-corrected chi connectivity index (χ0v) is 11.4. The smallest absolute Gasteiger partial charge is 0.289 e. The van der Waals surface area contributed by atoms with E-state index in [0.29, 0.717) is 26.2 Å². The highest BCUT2D eigenvalue weighted by atomic mass is 16.6. The number of nitro groups is 2. The van der Waals surface area contributed by atoms with E-state index in [2.05, 4.69) is 0 Å². The summed E-state index contributed by atoms with van der Waals surface area (Å²) in [7, 11) is 1.93. The number of likely N-dealkylation sites (N-methyl/N-ethyl adjacent to an activating group) is 1. The molecular formula is C12H14N4O5. The molecule has 0 bridgehead atoms. The van der Waals surface area contributed by atoms with Crippen molar-refractivity contribution in [1.29, 1.82) is 0 Å². The molecule has 1 aromatic rings. The number of hydrogen-bond donors (Lipinski definition) is 0. The predicted octanol–water partition coefficient (Wildman–Crippen LogP) is 0.891. The van der Waals surface area contributed by atoms with Gasteiger partial charge < -0.3 is 9.80 Å². The Bertz CT molecular complexity index is 595. The molecule has 1 aliphatic rings. The molecule has 1 saturated heterocycles. The van der Waals surface area contributed by atoms with E-state index in [1.54, 1.807) is 0 Å². The normalized spacial score (nSPS) is 15.8. The number of benzene rings is 1. The van der Waals surface area contributed by atoms with Crippen molar-refractivity contribution >= 4 is 17.3 Å². The number of nitrogens with zero attached hydrogens (tertiary/aromatic N) is 4. The molecule has 9 heteroatoms. The maximum atomic E-state index is 12.3. The van der Waals surface area contributed by atoms with Crippen LogP contribution in [-0.2, 0) is 0 Å². The zero-order valence-electron chi connectivity index (χ0n) is 11.4. The fourth-order valence-electron chi connectivity index (χ4n) is 2.15. The van der Waals surface area contributed by atoms with Crippen molar-refractivity contribution < 1.29 is 14.6 Å². The van der Waals surface area contributed by atoms with Crippen LogP contribution < -0.4 is 0 Å². The van der Waals surface area contributed by atoms with Crippen molar-refractivity contribution in [2.24, 2.45) is 0 Å². The summed E-state index contributed by atoms with van der Waals surface area (Å²) >= 11 is 0. The highest BCUT2D eigenvalue weighted by Gasteiger charge is 2.28. The predicted molar refractivity (Wildman–Crippen MR) is 73.2 cm³/mol. The average molecular weight is 294 g/mol. The molecule has 0 aliphatic carbocycles. The molecule has 1 heterocycles. The largest absolute Gasteiger partial charge is 0.336 e. The monoisotopic (exact) mass is 294 g/mol. The number of nitro benzene ring substituents is 2. The van der Waals surface area contributed by atoms with Crippen LogP contribution in [-0.4, -0.2) is 58.8 Å². The van der Waals surface area contributed by atoms with Crippen LogP contribution in [0.3, 0.4) is 0 Å². The van der Waals surface area contributed by atoms with Crippen LogP contribution in [0.5, 0.6) is 0 Å². The molecule has 1 fully saturated rings. The SMILES string of the molecule is CN1CCN(C(=O)c2ccc([N+](=O)[O-])cc2[N+](=O)[O-])CC1. The molecule has 9 nitrogen and oxygen atoms in total. The van der Waals surface area contributed by atoms with E-state index in [1.807, 2.05) is 11.9 Å². The number of non-ortho nitro benzene ring substituents is 1. The van der Waals surface area contributed by atoms with Gasteiger partial charge in [0.25, 0.3) is 17.3 Å². The molecule has 0 aromatic heterocycles. The summed E-state index contributed by atoms with van der Waals surface area (Å²) in [6, 6.07) is 3.08. The van der Waals surface area contributed by atoms with Crippen molar-refractivity contribution in [3.05, 3.63) is 44.0 Å². The van der Waals surface area contributed by atoms with Gasteiger partial charge in [0, 0.05) is 32.2 Å². The van der Waals surface area contributed by atoms with Crippen molar-refractivity contribution in [3.63, 3.8) is 0 Å². The zero-order chi connectivity index (χ0) is 15.6. The lowest BCUT2D eigenvalue weighted by Gasteiger charge is -2.32. The van der Waals surface area contributed by atoms with Crippen molar-refractivity contribution in [2.45, 2.75) is 0 Å². The summed E-state index contributed by atoms with van der Waals surface area (Å²) in [5, 5.41) is 21.7. The Hall–Kier alpha value is -2.55. The topological polar surface area (TPSA) is 110 Å². The average Bonchev–Trinajstić information content (AvgIpc) is 2.46. The van der Waals surface area contributed by atoms with Gasteiger partial charge in [0.2, 0.25) is 0 Å². The number of amides is 1. The summed E-state index contributed by atoms with van der Waals surface area (Å²) in [6.07, 6.45) is 0. The summed E-state index contributed by atoms with van der Waals surface area (Å²) < 4.78 is 0. The third-order valence-electron chi connectivity index (χ3n) is 3.41. The van der Waals surface area contributed by atoms with Gasteiger partial charge in [-0.3, -0.25) is 25.0 Å². The Kier molecular flexibility index (Phi) is 4.13. The van der Waals surface area contributed by atoms with E-state index in [9.17, 15) is 25.0 Å². The Balaban J connectivity index is 2.32. The molecule has 2 rings (SSSR count).